The van der Waals surface area contributed by atoms with Gasteiger partial charge in [0.1, 0.15) is 0 Å². The van der Waals surface area contributed by atoms with Gasteiger partial charge in [0.15, 0.2) is 23.0 Å². The van der Waals surface area contributed by atoms with Crippen LogP contribution in [0.5, 0.6) is 5.75 Å². The standard InChI is InChI=1S/C26H26F4N6O2/c1-3-15-12-16(4-5-17(15)25(37)33-9-8-14(2)31)35-23-24-34-13-19(36(24)11-10-32-23)18-6-7-20(38-26(29)30)22(28)21(18)27/h4-7,10-14,26H,3,8-9,31H2,1-2H3,(H,32,35)(H,33,37). The van der Waals surface area contributed by atoms with Gasteiger partial charge in [0.05, 0.1) is 11.9 Å². The number of nitrogens with zero attached hydrogens (tertiary/aromatic N) is 3. The zero-order valence-electron chi connectivity index (χ0n) is 20.6. The highest BCUT2D eigenvalue weighted by Gasteiger charge is 2.21. The van der Waals surface area contributed by atoms with Crippen molar-refractivity contribution in [1.29, 1.82) is 0 Å². The van der Waals surface area contributed by atoms with Crippen molar-refractivity contribution in [2.45, 2.75) is 39.3 Å². The summed E-state index contributed by atoms with van der Waals surface area (Å²) in [6, 6.07) is 7.32. The lowest BCUT2D eigenvalue weighted by molar-refractivity contribution is -0.0525. The summed E-state index contributed by atoms with van der Waals surface area (Å²) in [4.78, 5) is 21.2. The summed E-state index contributed by atoms with van der Waals surface area (Å²) >= 11 is 0. The predicted octanol–water partition coefficient (Wildman–Crippen LogP) is 5.05. The number of rotatable bonds is 10. The topological polar surface area (TPSA) is 107 Å². The molecule has 0 aliphatic rings. The Labute approximate surface area is 215 Å². The number of anilines is 2. The lowest BCUT2D eigenvalue weighted by Gasteiger charge is -2.13. The number of hydrogen-bond donors (Lipinski definition) is 3. The Balaban J connectivity index is 1.61. The second-order valence-corrected chi connectivity index (χ2v) is 8.60. The van der Waals surface area contributed by atoms with E-state index in [1.807, 2.05) is 19.9 Å². The van der Waals surface area contributed by atoms with Crippen LogP contribution in [0, 0.1) is 11.6 Å². The number of carbonyl (C=O) groups excluding carboxylic acids is 1. The Morgan fingerprint density at radius 1 is 1.16 bits per heavy atom. The van der Waals surface area contributed by atoms with E-state index in [9.17, 15) is 22.4 Å². The van der Waals surface area contributed by atoms with Crippen molar-refractivity contribution in [3.05, 3.63) is 71.7 Å². The van der Waals surface area contributed by atoms with Crippen LogP contribution >= 0.6 is 0 Å². The number of fused-ring (bicyclic) bond motifs is 1. The highest BCUT2D eigenvalue weighted by atomic mass is 19.3. The average Bonchev–Trinajstić information content (AvgIpc) is 3.31. The maximum atomic E-state index is 14.7. The molecule has 1 amide bonds. The number of amides is 1. The quantitative estimate of drug-likeness (QED) is 0.248. The lowest BCUT2D eigenvalue weighted by atomic mass is 10.0. The Morgan fingerprint density at radius 3 is 2.66 bits per heavy atom. The number of hydrogen-bond acceptors (Lipinski definition) is 6. The van der Waals surface area contributed by atoms with Gasteiger partial charge >= 0.3 is 6.61 Å². The van der Waals surface area contributed by atoms with E-state index in [1.54, 1.807) is 12.1 Å². The molecule has 0 fully saturated rings. The number of alkyl halides is 2. The van der Waals surface area contributed by atoms with Crippen LogP contribution in [0.3, 0.4) is 0 Å². The van der Waals surface area contributed by atoms with Crippen LogP contribution in [0.1, 0.15) is 36.2 Å². The second kappa shape index (κ2) is 11.5. The molecule has 0 spiro atoms. The summed E-state index contributed by atoms with van der Waals surface area (Å²) in [6.45, 7) is 0.989. The van der Waals surface area contributed by atoms with E-state index in [4.69, 9.17) is 5.73 Å². The van der Waals surface area contributed by atoms with E-state index in [1.165, 1.54) is 23.0 Å². The number of benzene rings is 2. The molecule has 2 aromatic heterocycles. The van der Waals surface area contributed by atoms with Gasteiger partial charge in [-0.25, -0.2) is 14.4 Å². The zero-order valence-corrected chi connectivity index (χ0v) is 20.6. The van der Waals surface area contributed by atoms with Crippen LogP contribution in [-0.2, 0) is 6.42 Å². The van der Waals surface area contributed by atoms with Gasteiger partial charge in [-0.2, -0.15) is 13.2 Å². The van der Waals surface area contributed by atoms with E-state index in [0.29, 0.717) is 42.1 Å². The zero-order chi connectivity index (χ0) is 27.4. The molecule has 8 nitrogen and oxygen atoms in total. The SMILES string of the molecule is CCc1cc(Nc2nccn3c(-c4ccc(OC(F)F)c(F)c4F)cnc23)ccc1C(=O)NCCC(C)N. The van der Waals surface area contributed by atoms with Gasteiger partial charge in [0.25, 0.3) is 5.91 Å². The summed E-state index contributed by atoms with van der Waals surface area (Å²) in [7, 11) is 0. The van der Waals surface area contributed by atoms with Gasteiger partial charge in [-0.05, 0) is 55.7 Å². The monoisotopic (exact) mass is 530 g/mol. The maximum Gasteiger partial charge on any atom is 0.387 e. The predicted molar refractivity (Wildman–Crippen MR) is 135 cm³/mol. The second-order valence-electron chi connectivity index (χ2n) is 8.60. The lowest BCUT2D eigenvalue weighted by Crippen LogP contribution is -2.29. The van der Waals surface area contributed by atoms with Crippen molar-refractivity contribution in [2.24, 2.45) is 5.73 Å². The van der Waals surface area contributed by atoms with Crippen molar-refractivity contribution >= 4 is 23.1 Å². The summed E-state index contributed by atoms with van der Waals surface area (Å²) in [5.41, 5.74) is 8.04. The number of imidazole rings is 1. The molecule has 0 aliphatic carbocycles. The van der Waals surface area contributed by atoms with Gasteiger partial charge in [-0.15, -0.1) is 0 Å². The molecule has 0 radical (unpaired) electrons. The molecule has 0 saturated heterocycles. The minimum Gasteiger partial charge on any atom is -0.432 e. The minimum absolute atomic E-state index is 0.0136. The van der Waals surface area contributed by atoms with Crippen LogP contribution in [0.25, 0.3) is 16.9 Å². The highest BCUT2D eigenvalue weighted by Crippen LogP contribution is 2.32. The van der Waals surface area contributed by atoms with Crippen LogP contribution in [0.2, 0.25) is 0 Å². The first-order chi connectivity index (χ1) is 18.2. The summed E-state index contributed by atoms with van der Waals surface area (Å²) < 4.78 is 59.5. The summed E-state index contributed by atoms with van der Waals surface area (Å²) in [5.74, 6) is -3.63. The number of halogens is 4. The van der Waals surface area contributed by atoms with Gasteiger partial charge in [0.2, 0.25) is 5.82 Å². The highest BCUT2D eigenvalue weighted by molar-refractivity contribution is 5.96. The molecule has 0 bridgehead atoms. The van der Waals surface area contributed by atoms with Gasteiger partial charge < -0.3 is 21.1 Å². The number of aryl methyl sites for hydroxylation is 1. The fourth-order valence-corrected chi connectivity index (χ4v) is 3.95. The number of aromatic nitrogens is 3. The molecule has 38 heavy (non-hydrogen) atoms. The van der Waals surface area contributed by atoms with Crippen LogP contribution in [-0.4, -0.2) is 39.5 Å². The Morgan fingerprint density at radius 2 is 1.95 bits per heavy atom. The molecule has 0 saturated carbocycles. The number of nitrogens with two attached hydrogens (primary N) is 1. The van der Waals surface area contributed by atoms with E-state index in [-0.39, 0.29) is 23.2 Å². The van der Waals surface area contributed by atoms with Crippen molar-refractivity contribution in [2.75, 3.05) is 11.9 Å². The molecule has 12 heteroatoms. The summed E-state index contributed by atoms with van der Waals surface area (Å²) in [5, 5.41) is 6.02. The fourth-order valence-electron chi connectivity index (χ4n) is 3.95. The molecule has 4 aromatic rings. The smallest absolute Gasteiger partial charge is 0.387 e. The average molecular weight is 531 g/mol. The minimum atomic E-state index is -3.29. The Bertz CT molecular complexity index is 1460. The molecule has 200 valence electrons. The van der Waals surface area contributed by atoms with Crippen molar-refractivity contribution in [3.63, 3.8) is 0 Å². The van der Waals surface area contributed by atoms with Crippen LogP contribution < -0.4 is 21.1 Å². The molecule has 1 atom stereocenters. The third kappa shape index (κ3) is 5.70. The molecule has 2 aromatic carbocycles. The molecule has 1 unspecified atom stereocenters. The number of carbonyl (C=O) groups is 1. The van der Waals surface area contributed by atoms with Crippen LogP contribution in [0.15, 0.2) is 48.9 Å². The van der Waals surface area contributed by atoms with Gasteiger partial charge in [-0.3, -0.25) is 9.20 Å². The molecule has 4 rings (SSSR count). The van der Waals surface area contributed by atoms with Crippen LogP contribution in [0.4, 0.5) is 29.1 Å². The van der Waals surface area contributed by atoms with Gasteiger partial charge in [0, 0.05) is 41.8 Å². The van der Waals surface area contributed by atoms with Gasteiger partial charge in [-0.1, -0.05) is 6.92 Å². The largest absolute Gasteiger partial charge is 0.432 e. The molecule has 2 heterocycles. The van der Waals surface area contributed by atoms with E-state index < -0.39 is 24.0 Å². The van der Waals surface area contributed by atoms with E-state index >= 15 is 0 Å². The Hall–Kier alpha value is -4.19. The molecular weight excluding hydrogens is 504 g/mol. The first-order valence-electron chi connectivity index (χ1n) is 11.9. The van der Waals surface area contributed by atoms with Crippen molar-refractivity contribution in [3.8, 4) is 17.0 Å². The fraction of sp³-hybridized carbons (Fsp3) is 0.269. The Kier molecular flexibility index (Phi) is 8.10. The molecular formula is C26H26F4N6O2. The number of nitrogens with one attached hydrogen (secondary N) is 2. The third-order valence-electron chi connectivity index (χ3n) is 5.85. The number of ether oxygens (including phenoxy) is 1. The summed E-state index contributed by atoms with van der Waals surface area (Å²) in [6.07, 6.45) is 5.55. The molecule has 0 aliphatic heterocycles. The first-order valence-corrected chi connectivity index (χ1v) is 11.9. The first kappa shape index (κ1) is 26.9. The third-order valence-corrected chi connectivity index (χ3v) is 5.85. The molecule has 4 N–H and O–H groups in total. The van der Waals surface area contributed by atoms with E-state index in [2.05, 4.69) is 25.3 Å². The van der Waals surface area contributed by atoms with E-state index in [0.717, 1.165) is 17.7 Å². The maximum absolute atomic E-state index is 14.7. The normalized spacial score (nSPS) is 12.1. The van der Waals surface area contributed by atoms with Crippen molar-refractivity contribution < 1.29 is 27.1 Å². The van der Waals surface area contributed by atoms with Crippen molar-refractivity contribution in [1.82, 2.24) is 19.7 Å².